The van der Waals surface area contributed by atoms with E-state index in [1.165, 1.54) is 38.5 Å². The number of rotatable bonds is 6. The van der Waals surface area contributed by atoms with E-state index in [0.717, 1.165) is 23.7 Å². The molecule has 138 valence electrons. The lowest BCUT2D eigenvalue weighted by atomic mass is 9.51. The molecule has 1 aliphatic rings. The predicted octanol–water partition coefficient (Wildman–Crippen LogP) is 6.62. The van der Waals surface area contributed by atoms with Gasteiger partial charge in [0.25, 0.3) is 0 Å². The van der Waals surface area contributed by atoms with Crippen LogP contribution in [0.3, 0.4) is 0 Å². The van der Waals surface area contributed by atoms with Gasteiger partial charge in [-0.2, -0.15) is 0 Å². The molecule has 1 rings (SSSR count). The van der Waals surface area contributed by atoms with E-state index in [1.54, 1.807) is 0 Å². The molecule has 1 heteroatoms. The van der Waals surface area contributed by atoms with Crippen LogP contribution >= 0.6 is 0 Å². The summed E-state index contributed by atoms with van der Waals surface area (Å²) < 4.78 is 0. The van der Waals surface area contributed by atoms with Crippen LogP contribution in [0.4, 0.5) is 0 Å². The maximum absolute atomic E-state index is 2.63. The molecular formula is C22H45N. The lowest BCUT2D eigenvalue weighted by Crippen LogP contribution is -2.53. The SMILES string of the molecule is CCCC(C)C1(C(C)CCC)C(C)CC(C)N(C)C(C)CC1C. The normalized spacial score (nSPS) is 39.5. The Balaban J connectivity index is 3.30. The van der Waals surface area contributed by atoms with Crippen molar-refractivity contribution >= 4 is 0 Å². The van der Waals surface area contributed by atoms with Crippen molar-refractivity contribution in [3.8, 4) is 0 Å². The van der Waals surface area contributed by atoms with E-state index >= 15 is 0 Å². The highest BCUT2D eigenvalue weighted by molar-refractivity contribution is 4.99. The van der Waals surface area contributed by atoms with Crippen LogP contribution in [0.5, 0.6) is 0 Å². The Morgan fingerprint density at radius 2 is 1.17 bits per heavy atom. The highest BCUT2D eigenvalue weighted by Gasteiger charge is 2.50. The predicted molar refractivity (Wildman–Crippen MR) is 105 cm³/mol. The van der Waals surface area contributed by atoms with Crippen LogP contribution in [-0.4, -0.2) is 24.0 Å². The lowest BCUT2D eigenvalue weighted by molar-refractivity contribution is -0.0764. The fraction of sp³-hybridized carbons (Fsp3) is 1.00. The Morgan fingerprint density at radius 1 is 0.826 bits per heavy atom. The molecular weight excluding hydrogens is 278 g/mol. The van der Waals surface area contributed by atoms with Crippen molar-refractivity contribution in [3.05, 3.63) is 0 Å². The highest BCUT2D eigenvalue weighted by atomic mass is 15.2. The summed E-state index contributed by atoms with van der Waals surface area (Å²) in [5.74, 6) is 3.29. The van der Waals surface area contributed by atoms with Crippen LogP contribution in [0.15, 0.2) is 0 Å². The van der Waals surface area contributed by atoms with Gasteiger partial charge >= 0.3 is 0 Å². The smallest absolute Gasteiger partial charge is 0.00694 e. The molecule has 6 unspecified atom stereocenters. The third kappa shape index (κ3) is 4.14. The van der Waals surface area contributed by atoms with Crippen molar-refractivity contribution in [1.82, 2.24) is 4.90 Å². The van der Waals surface area contributed by atoms with E-state index < -0.39 is 0 Å². The van der Waals surface area contributed by atoms with Gasteiger partial charge in [-0.05, 0) is 62.8 Å². The highest BCUT2D eigenvalue weighted by Crippen LogP contribution is 2.55. The van der Waals surface area contributed by atoms with Gasteiger partial charge in [-0.1, -0.05) is 67.2 Å². The van der Waals surface area contributed by atoms with Crippen LogP contribution in [0.2, 0.25) is 0 Å². The fourth-order valence-electron chi connectivity index (χ4n) is 6.48. The van der Waals surface area contributed by atoms with E-state index in [-0.39, 0.29) is 0 Å². The molecule has 6 atom stereocenters. The topological polar surface area (TPSA) is 3.24 Å². The summed E-state index contributed by atoms with van der Waals surface area (Å²) in [7, 11) is 2.34. The largest absolute Gasteiger partial charge is 0.301 e. The molecule has 1 aliphatic heterocycles. The van der Waals surface area contributed by atoms with Gasteiger partial charge in [0.1, 0.15) is 0 Å². The minimum Gasteiger partial charge on any atom is -0.301 e. The molecule has 0 aromatic carbocycles. The van der Waals surface area contributed by atoms with E-state index in [2.05, 4.69) is 67.3 Å². The zero-order valence-corrected chi connectivity index (χ0v) is 17.7. The van der Waals surface area contributed by atoms with Crippen molar-refractivity contribution < 1.29 is 0 Å². The van der Waals surface area contributed by atoms with E-state index in [9.17, 15) is 0 Å². The Bertz CT molecular complexity index is 305. The zero-order valence-electron chi connectivity index (χ0n) is 17.7. The first-order valence-corrected chi connectivity index (χ1v) is 10.4. The Morgan fingerprint density at radius 3 is 1.48 bits per heavy atom. The number of hydrogen-bond donors (Lipinski definition) is 0. The molecule has 1 nitrogen and oxygen atoms in total. The van der Waals surface area contributed by atoms with Gasteiger partial charge in [0.2, 0.25) is 0 Å². The molecule has 23 heavy (non-hydrogen) atoms. The number of hydrogen-bond acceptors (Lipinski definition) is 1. The van der Waals surface area contributed by atoms with Gasteiger partial charge in [-0.25, -0.2) is 0 Å². The van der Waals surface area contributed by atoms with Gasteiger partial charge in [0.15, 0.2) is 0 Å². The maximum Gasteiger partial charge on any atom is 0.00694 e. The summed E-state index contributed by atoms with van der Waals surface area (Å²) in [5.41, 5.74) is 0.510. The maximum atomic E-state index is 2.63. The average molecular weight is 324 g/mol. The van der Waals surface area contributed by atoms with Gasteiger partial charge in [-0.3, -0.25) is 0 Å². The first-order valence-electron chi connectivity index (χ1n) is 10.4. The molecule has 0 aromatic heterocycles. The van der Waals surface area contributed by atoms with Crippen LogP contribution in [0, 0.1) is 29.1 Å². The molecule has 0 saturated carbocycles. The monoisotopic (exact) mass is 323 g/mol. The Labute approximate surface area is 147 Å². The van der Waals surface area contributed by atoms with Crippen molar-refractivity contribution in [2.24, 2.45) is 29.1 Å². The average Bonchev–Trinajstić information content (AvgIpc) is 2.46. The quantitative estimate of drug-likeness (QED) is 0.531. The summed E-state index contributed by atoms with van der Waals surface area (Å²) in [6.45, 7) is 19.9. The minimum atomic E-state index is 0.510. The third-order valence-electron chi connectivity index (χ3n) is 7.64. The second-order valence-corrected chi connectivity index (χ2v) is 9.02. The van der Waals surface area contributed by atoms with Crippen LogP contribution < -0.4 is 0 Å². The number of nitrogens with zero attached hydrogens (tertiary/aromatic N) is 1. The first-order chi connectivity index (χ1) is 10.7. The molecule has 0 aromatic rings. The van der Waals surface area contributed by atoms with Gasteiger partial charge in [-0.15, -0.1) is 0 Å². The molecule has 0 radical (unpaired) electrons. The van der Waals surface area contributed by atoms with E-state index in [0.29, 0.717) is 17.5 Å². The van der Waals surface area contributed by atoms with Gasteiger partial charge in [0.05, 0.1) is 0 Å². The zero-order chi connectivity index (χ0) is 17.8. The van der Waals surface area contributed by atoms with Crippen LogP contribution in [0.1, 0.15) is 93.9 Å². The van der Waals surface area contributed by atoms with Crippen molar-refractivity contribution in [1.29, 1.82) is 0 Å². The second-order valence-electron chi connectivity index (χ2n) is 9.02. The lowest BCUT2D eigenvalue weighted by Gasteiger charge is -2.56. The third-order valence-corrected chi connectivity index (χ3v) is 7.64. The van der Waals surface area contributed by atoms with Gasteiger partial charge in [0, 0.05) is 12.1 Å². The van der Waals surface area contributed by atoms with Crippen LogP contribution in [0.25, 0.3) is 0 Å². The molecule has 1 fully saturated rings. The van der Waals surface area contributed by atoms with Gasteiger partial charge < -0.3 is 4.90 Å². The van der Waals surface area contributed by atoms with Crippen molar-refractivity contribution in [2.75, 3.05) is 7.05 Å². The molecule has 0 spiro atoms. The second kappa shape index (κ2) is 8.88. The number of likely N-dealkylation sites (tertiary alicyclic amines) is 1. The molecule has 0 amide bonds. The molecule has 0 aliphatic carbocycles. The first kappa shape index (κ1) is 21.0. The molecule has 1 heterocycles. The molecule has 0 bridgehead atoms. The fourth-order valence-corrected chi connectivity index (χ4v) is 6.48. The molecule has 0 N–H and O–H groups in total. The summed E-state index contributed by atoms with van der Waals surface area (Å²) in [5, 5.41) is 0. The van der Waals surface area contributed by atoms with E-state index in [4.69, 9.17) is 0 Å². The standard InChI is InChI=1S/C22H45N/c1-10-12-16(3)22(17(4)13-11-2)18(5)14-20(7)23(9)21(8)15-19(22)6/h16-21H,10-15H2,1-9H3. The Hall–Kier alpha value is -0.0400. The summed E-state index contributed by atoms with van der Waals surface area (Å²) in [6, 6.07) is 1.41. The minimum absolute atomic E-state index is 0.510. The summed E-state index contributed by atoms with van der Waals surface area (Å²) in [4.78, 5) is 2.63. The van der Waals surface area contributed by atoms with E-state index in [1.807, 2.05) is 0 Å². The summed E-state index contributed by atoms with van der Waals surface area (Å²) >= 11 is 0. The molecule has 1 saturated heterocycles. The Kier molecular flexibility index (Phi) is 8.11. The summed E-state index contributed by atoms with van der Waals surface area (Å²) in [6.07, 6.45) is 8.14. The van der Waals surface area contributed by atoms with Crippen molar-refractivity contribution in [3.63, 3.8) is 0 Å². The van der Waals surface area contributed by atoms with Crippen molar-refractivity contribution in [2.45, 2.75) is 106 Å². The van der Waals surface area contributed by atoms with Crippen LogP contribution in [-0.2, 0) is 0 Å².